The van der Waals surface area contributed by atoms with E-state index in [9.17, 15) is 4.79 Å². The minimum atomic E-state index is 0.125. The first-order valence-electron chi connectivity index (χ1n) is 7.29. The molecule has 7 heteroatoms. The number of nitrogens with one attached hydrogen (secondary N) is 1. The molecule has 112 valence electrons. The molecular formula is C14H20N6O. The van der Waals surface area contributed by atoms with Crippen LogP contribution < -0.4 is 5.32 Å². The molecular weight excluding hydrogens is 268 g/mol. The summed E-state index contributed by atoms with van der Waals surface area (Å²) in [5.74, 6) is 0.717. The Morgan fingerprint density at radius 3 is 2.95 bits per heavy atom. The molecule has 1 fully saturated rings. The van der Waals surface area contributed by atoms with Gasteiger partial charge in [0.1, 0.15) is 12.7 Å². The van der Waals surface area contributed by atoms with Crippen LogP contribution in [0.3, 0.4) is 0 Å². The van der Waals surface area contributed by atoms with Gasteiger partial charge in [0, 0.05) is 37.9 Å². The predicted octanol–water partition coefficient (Wildman–Crippen LogP) is 0.539. The first kappa shape index (κ1) is 13.8. The van der Waals surface area contributed by atoms with Crippen LogP contribution >= 0.6 is 0 Å². The van der Waals surface area contributed by atoms with Gasteiger partial charge in [0.15, 0.2) is 0 Å². The lowest BCUT2D eigenvalue weighted by Crippen LogP contribution is -2.45. The molecule has 0 unspecified atom stereocenters. The van der Waals surface area contributed by atoms with Crippen molar-refractivity contribution in [3.63, 3.8) is 0 Å². The number of amides is 1. The SMILES string of the molecule is Cn1nccc1CCC(=O)NC1CC(Cn2cncn2)C1. The summed E-state index contributed by atoms with van der Waals surface area (Å²) in [4.78, 5) is 15.8. The largest absolute Gasteiger partial charge is 0.353 e. The van der Waals surface area contributed by atoms with Crippen LogP contribution in [0.4, 0.5) is 0 Å². The first-order chi connectivity index (χ1) is 10.2. The van der Waals surface area contributed by atoms with Crippen molar-refractivity contribution in [2.24, 2.45) is 13.0 Å². The average molecular weight is 288 g/mol. The van der Waals surface area contributed by atoms with Crippen LogP contribution in [-0.4, -0.2) is 36.5 Å². The van der Waals surface area contributed by atoms with E-state index in [1.54, 1.807) is 18.9 Å². The molecule has 0 radical (unpaired) electrons. The van der Waals surface area contributed by atoms with Crippen LogP contribution in [0.1, 0.15) is 25.0 Å². The summed E-state index contributed by atoms with van der Waals surface area (Å²) < 4.78 is 3.66. The van der Waals surface area contributed by atoms with E-state index in [0.29, 0.717) is 18.4 Å². The summed E-state index contributed by atoms with van der Waals surface area (Å²) in [6.45, 7) is 0.890. The molecule has 1 aliphatic carbocycles. The smallest absolute Gasteiger partial charge is 0.220 e. The normalized spacial score (nSPS) is 21.0. The molecule has 2 aromatic rings. The zero-order valence-corrected chi connectivity index (χ0v) is 12.1. The second-order valence-electron chi connectivity index (χ2n) is 5.67. The highest BCUT2D eigenvalue weighted by atomic mass is 16.1. The van der Waals surface area contributed by atoms with Crippen molar-refractivity contribution < 1.29 is 4.79 Å². The van der Waals surface area contributed by atoms with E-state index in [0.717, 1.165) is 31.5 Å². The zero-order valence-electron chi connectivity index (χ0n) is 12.1. The maximum atomic E-state index is 11.9. The molecule has 1 aliphatic rings. The van der Waals surface area contributed by atoms with Crippen molar-refractivity contribution in [1.82, 2.24) is 29.9 Å². The molecule has 0 saturated heterocycles. The minimum Gasteiger partial charge on any atom is -0.353 e. The van der Waals surface area contributed by atoms with Crippen LogP contribution in [0.5, 0.6) is 0 Å². The summed E-state index contributed by atoms with van der Waals surface area (Å²) in [6, 6.07) is 2.27. The number of rotatable bonds is 6. The molecule has 1 saturated carbocycles. The van der Waals surface area contributed by atoms with Gasteiger partial charge in [-0.15, -0.1) is 0 Å². The van der Waals surface area contributed by atoms with E-state index in [1.165, 1.54) is 0 Å². The second-order valence-corrected chi connectivity index (χ2v) is 5.67. The third kappa shape index (κ3) is 3.48. The van der Waals surface area contributed by atoms with Gasteiger partial charge in [-0.25, -0.2) is 4.98 Å². The Labute approximate surface area is 123 Å². The van der Waals surface area contributed by atoms with E-state index in [-0.39, 0.29) is 5.91 Å². The highest BCUT2D eigenvalue weighted by Gasteiger charge is 2.30. The summed E-state index contributed by atoms with van der Waals surface area (Å²) in [5.41, 5.74) is 1.09. The molecule has 1 amide bonds. The minimum absolute atomic E-state index is 0.125. The standard InChI is InChI=1S/C14H20N6O/c1-19-13(4-5-16-19)2-3-14(21)18-12-6-11(7-12)8-20-10-15-9-17-20/h4-5,9-12H,2-3,6-8H2,1H3,(H,18,21). The molecule has 0 spiro atoms. The van der Waals surface area contributed by atoms with Gasteiger partial charge < -0.3 is 5.32 Å². The molecule has 0 aromatic carbocycles. The summed E-state index contributed by atoms with van der Waals surface area (Å²) in [6.07, 6.45) is 8.35. The van der Waals surface area contributed by atoms with Gasteiger partial charge in [0.05, 0.1) is 0 Å². The Balaban J connectivity index is 1.34. The van der Waals surface area contributed by atoms with Crippen molar-refractivity contribution in [3.8, 4) is 0 Å². The molecule has 0 atom stereocenters. The third-order valence-corrected chi connectivity index (χ3v) is 4.04. The number of aryl methyl sites for hydroxylation is 2. The van der Waals surface area contributed by atoms with Crippen molar-refractivity contribution in [1.29, 1.82) is 0 Å². The van der Waals surface area contributed by atoms with Crippen LogP contribution in [-0.2, 0) is 24.8 Å². The highest BCUT2D eigenvalue weighted by molar-refractivity contribution is 5.76. The van der Waals surface area contributed by atoms with Gasteiger partial charge >= 0.3 is 0 Å². The Morgan fingerprint density at radius 1 is 1.43 bits per heavy atom. The Hall–Kier alpha value is -2.18. The lowest BCUT2D eigenvalue weighted by atomic mass is 9.80. The van der Waals surface area contributed by atoms with Crippen molar-refractivity contribution in [2.75, 3.05) is 0 Å². The van der Waals surface area contributed by atoms with Crippen molar-refractivity contribution in [2.45, 2.75) is 38.3 Å². The van der Waals surface area contributed by atoms with Gasteiger partial charge in [-0.2, -0.15) is 10.2 Å². The number of hydrogen-bond donors (Lipinski definition) is 1. The van der Waals surface area contributed by atoms with E-state index in [2.05, 4.69) is 20.5 Å². The fourth-order valence-corrected chi connectivity index (χ4v) is 2.78. The monoisotopic (exact) mass is 288 g/mol. The average Bonchev–Trinajstić information content (AvgIpc) is 3.05. The third-order valence-electron chi connectivity index (χ3n) is 4.04. The Kier molecular flexibility index (Phi) is 3.98. The van der Waals surface area contributed by atoms with Crippen LogP contribution in [0.15, 0.2) is 24.9 Å². The molecule has 0 aliphatic heterocycles. The zero-order chi connectivity index (χ0) is 14.7. The molecule has 1 N–H and O–H groups in total. The van der Waals surface area contributed by atoms with Gasteiger partial charge in [0.25, 0.3) is 0 Å². The number of carbonyl (C=O) groups excluding carboxylic acids is 1. The topological polar surface area (TPSA) is 77.6 Å². The van der Waals surface area contributed by atoms with Gasteiger partial charge in [-0.1, -0.05) is 0 Å². The molecule has 3 rings (SSSR count). The lowest BCUT2D eigenvalue weighted by molar-refractivity contribution is -0.122. The fraction of sp³-hybridized carbons (Fsp3) is 0.571. The number of hydrogen-bond acceptors (Lipinski definition) is 4. The number of aromatic nitrogens is 5. The van der Waals surface area contributed by atoms with Gasteiger partial charge in [-0.3, -0.25) is 14.2 Å². The lowest BCUT2D eigenvalue weighted by Gasteiger charge is -2.35. The van der Waals surface area contributed by atoms with Crippen LogP contribution in [0, 0.1) is 5.92 Å². The van der Waals surface area contributed by atoms with E-state index >= 15 is 0 Å². The molecule has 0 bridgehead atoms. The van der Waals surface area contributed by atoms with E-state index in [4.69, 9.17) is 0 Å². The number of carbonyl (C=O) groups is 1. The molecule has 2 aromatic heterocycles. The fourth-order valence-electron chi connectivity index (χ4n) is 2.78. The molecule has 21 heavy (non-hydrogen) atoms. The maximum Gasteiger partial charge on any atom is 0.220 e. The molecule has 2 heterocycles. The van der Waals surface area contributed by atoms with Crippen LogP contribution in [0.25, 0.3) is 0 Å². The Morgan fingerprint density at radius 2 is 2.29 bits per heavy atom. The first-order valence-corrected chi connectivity index (χ1v) is 7.29. The van der Waals surface area contributed by atoms with Crippen molar-refractivity contribution in [3.05, 3.63) is 30.6 Å². The van der Waals surface area contributed by atoms with Gasteiger partial charge in [-0.05, 0) is 31.2 Å². The quantitative estimate of drug-likeness (QED) is 0.841. The highest BCUT2D eigenvalue weighted by Crippen LogP contribution is 2.28. The van der Waals surface area contributed by atoms with Crippen LogP contribution in [0.2, 0.25) is 0 Å². The molecule has 7 nitrogen and oxygen atoms in total. The number of nitrogens with zero attached hydrogens (tertiary/aromatic N) is 5. The summed E-state index contributed by atoms with van der Waals surface area (Å²) >= 11 is 0. The Bertz CT molecular complexity index is 584. The van der Waals surface area contributed by atoms with E-state index in [1.807, 2.05) is 22.5 Å². The van der Waals surface area contributed by atoms with Gasteiger partial charge in [0.2, 0.25) is 5.91 Å². The maximum absolute atomic E-state index is 11.9. The predicted molar refractivity (Wildman–Crippen MR) is 76.2 cm³/mol. The van der Waals surface area contributed by atoms with E-state index < -0.39 is 0 Å². The second kappa shape index (κ2) is 6.07. The summed E-state index contributed by atoms with van der Waals surface area (Å²) in [7, 11) is 1.90. The van der Waals surface area contributed by atoms with Crippen molar-refractivity contribution >= 4 is 5.91 Å². The summed E-state index contributed by atoms with van der Waals surface area (Å²) in [5, 5.41) is 11.3.